The molecule has 1 unspecified atom stereocenters. The van der Waals surface area contributed by atoms with Crippen molar-refractivity contribution in [2.24, 2.45) is 0 Å². The maximum absolute atomic E-state index is 11.1. The molecule has 8 heteroatoms. The summed E-state index contributed by atoms with van der Waals surface area (Å²) in [4.78, 5) is 18.9. The molecule has 1 aromatic heterocycles. The highest BCUT2D eigenvalue weighted by molar-refractivity contribution is 5.29. The number of hydrogen-bond acceptors (Lipinski definition) is 6. The standard InChI is InChI=1S/C12H21N5O3/c1-9-12(17(19)20)16(10(2)13-9)8-11(18)15-6-4-14(3)5-7-15/h11,18H,4-8H2,1-3H3. The largest absolute Gasteiger partial charge is 0.374 e. The number of piperazine rings is 1. The zero-order valence-electron chi connectivity index (χ0n) is 12.1. The van der Waals surface area contributed by atoms with E-state index in [2.05, 4.69) is 9.88 Å². The maximum Gasteiger partial charge on any atom is 0.345 e. The molecule has 1 aliphatic heterocycles. The fourth-order valence-corrected chi connectivity index (χ4v) is 2.55. The Bertz CT molecular complexity index is 494. The number of aryl methyl sites for hydroxylation is 2. The monoisotopic (exact) mass is 283 g/mol. The van der Waals surface area contributed by atoms with Gasteiger partial charge in [0.25, 0.3) is 0 Å². The zero-order chi connectivity index (χ0) is 14.9. The molecule has 2 heterocycles. The molecule has 0 aliphatic carbocycles. The van der Waals surface area contributed by atoms with Gasteiger partial charge in [-0.25, -0.2) is 9.55 Å². The summed E-state index contributed by atoms with van der Waals surface area (Å²) in [5.41, 5.74) is 0.387. The van der Waals surface area contributed by atoms with Crippen molar-refractivity contribution in [3.8, 4) is 0 Å². The third kappa shape index (κ3) is 2.97. The van der Waals surface area contributed by atoms with Crippen LogP contribution in [0.4, 0.5) is 5.82 Å². The van der Waals surface area contributed by atoms with Gasteiger partial charge < -0.3 is 20.1 Å². The number of aromatic nitrogens is 2. The van der Waals surface area contributed by atoms with Crippen molar-refractivity contribution in [3.05, 3.63) is 21.6 Å². The van der Waals surface area contributed by atoms with E-state index in [0.29, 0.717) is 11.5 Å². The fraction of sp³-hybridized carbons (Fsp3) is 0.750. The number of hydrogen-bond donors (Lipinski definition) is 1. The summed E-state index contributed by atoms with van der Waals surface area (Å²) < 4.78 is 1.48. The van der Waals surface area contributed by atoms with E-state index in [4.69, 9.17) is 0 Å². The number of nitro groups is 1. The number of aliphatic hydroxyl groups excluding tert-OH is 1. The van der Waals surface area contributed by atoms with Crippen LogP contribution in [0.3, 0.4) is 0 Å². The van der Waals surface area contributed by atoms with Gasteiger partial charge in [0.15, 0.2) is 5.82 Å². The average Bonchev–Trinajstić information content (AvgIpc) is 2.64. The summed E-state index contributed by atoms with van der Waals surface area (Å²) in [5.74, 6) is 0.526. The van der Waals surface area contributed by atoms with E-state index >= 15 is 0 Å². The van der Waals surface area contributed by atoms with Gasteiger partial charge in [0.05, 0.1) is 0 Å². The number of aliphatic hydroxyl groups is 1. The second-order valence-corrected chi connectivity index (χ2v) is 5.26. The maximum atomic E-state index is 11.1. The molecule has 0 aromatic carbocycles. The lowest BCUT2D eigenvalue weighted by Crippen LogP contribution is -2.50. The summed E-state index contributed by atoms with van der Waals surface area (Å²) in [7, 11) is 2.04. The minimum absolute atomic E-state index is 0.0318. The summed E-state index contributed by atoms with van der Waals surface area (Å²) in [5, 5.41) is 21.4. The molecule has 0 spiro atoms. The van der Waals surface area contributed by atoms with Gasteiger partial charge in [-0.1, -0.05) is 0 Å². The highest BCUT2D eigenvalue weighted by Crippen LogP contribution is 2.20. The number of rotatable bonds is 4. The van der Waals surface area contributed by atoms with E-state index in [9.17, 15) is 15.2 Å². The predicted octanol–water partition coefficient (Wildman–Crippen LogP) is -0.0261. The van der Waals surface area contributed by atoms with Gasteiger partial charge >= 0.3 is 5.82 Å². The molecule has 20 heavy (non-hydrogen) atoms. The van der Waals surface area contributed by atoms with E-state index in [1.54, 1.807) is 13.8 Å². The van der Waals surface area contributed by atoms with Crippen molar-refractivity contribution in [1.29, 1.82) is 0 Å². The molecule has 8 nitrogen and oxygen atoms in total. The van der Waals surface area contributed by atoms with Crippen LogP contribution in [-0.2, 0) is 6.54 Å². The van der Waals surface area contributed by atoms with Gasteiger partial charge in [0, 0.05) is 33.1 Å². The minimum Gasteiger partial charge on any atom is -0.374 e. The summed E-state index contributed by atoms with van der Waals surface area (Å²) in [6.45, 7) is 6.81. The molecule has 1 fully saturated rings. The molecule has 0 saturated carbocycles. The van der Waals surface area contributed by atoms with E-state index in [1.165, 1.54) is 4.57 Å². The second kappa shape index (κ2) is 5.86. The molecule has 1 atom stereocenters. The smallest absolute Gasteiger partial charge is 0.345 e. The molecule has 0 amide bonds. The first-order valence-electron chi connectivity index (χ1n) is 6.69. The lowest BCUT2D eigenvalue weighted by atomic mass is 10.3. The Hall–Kier alpha value is -1.51. The van der Waals surface area contributed by atoms with E-state index in [0.717, 1.165) is 26.2 Å². The lowest BCUT2D eigenvalue weighted by molar-refractivity contribution is -0.393. The van der Waals surface area contributed by atoms with Crippen LogP contribution in [0, 0.1) is 24.0 Å². The van der Waals surface area contributed by atoms with E-state index in [-0.39, 0.29) is 12.4 Å². The molecule has 0 bridgehead atoms. The molecule has 1 aliphatic rings. The normalized spacial score (nSPS) is 19.2. The number of imidazole rings is 1. The number of nitrogens with zero attached hydrogens (tertiary/aromatic N) is 5. The van der Waals surface area contributed by atoms with E-state index < -0.39 is 11.2 Å². The quantitative estimate of drug-likeness (QED) is 0.617. The first-order chi connectivity index (χ1) is 9.40. The van der Waals surface area contributed by atoms with Gasteiger partial charge in [-0.15, -0.1) is 0 Å². The molecular weight excluding hydrogens is 262 g/mol. The Morgan fingerprint density at radius 3 is 2.50 bits per heavy atom. The average molecular weight is 283 g/mol. The SMILES string of the molecule is Cc1nc(C)n(CC(O)N2CCN(C)CC2)c1[N+](=O)[O-]. The molecule has 1 saturated heterocycles. The van der Waals surface area contributed by atoms with Gasteiger partial charge in [0.1, 0.15) is 18.5 Å². The van der Waals surface area contributed by atoms with E-state index in [1.807, 2.05) is 11.9 Å². The van der Waals surface area contributed by atoms with Crippen molar-refractivity contribution in [1.82, 2.24) is 19.4 Å². The fourth-order valence-electron chi connectivity index (χ4n) is 2.55. The first kappa shape index (κ1) is 14.9. The lowest BCUT2D eigenvalue weighted by Gasteiger charge is -2.34. The highest BCUT2D eigenvalue weighted by Gasteiger charge is 2.28. The molecule has 1 aromatic rings. The van der Waals surface area contributed by atoms with Crippen LogP contribution in [0.1, 0.15) is 11.5 Å². The summed E-state index contributed by atoms with van der Waals surface area (Å²) >= 11 is 0. The van der Waals surface area contributed by atoms with Crippen LogP contribution >= 0.6 is 0 Å². The molecule has 0 radical (unpaired) electrons. The van der Waals surface area contributed by atoms with Crippen LogP contribution in [0.2, 0.25) is 0 Å². The Labute approximate surface area is 117 Å². The van der Waals surface area contributed by atoms with Crippen molar-refractivity contribution >= 4 is 5.82 Å². The Morgan fingerprint density at radius 1 is 1.35 bits per heavy atom. The minimum atomic E-state index is -0.727. The van der Waals surface area contributed by atoms with Crippen LogP contribution in [0.15, 0.2) is 0 Å². The van der Waals surface area contributed by atoms with Gasteiger partial charge in [-0.05, 0) is 18.9 Å². The molecule has 1 N–H and O–H groups in total. The van der Waals surface area contributed by atoms with Gasteiger partial charge in [-0.2, -0.15) is 0 Å². The third-order valence-corrected chi connectivity index (χ3v) is 3.78. The number of likely N-dealkylation sites (N-methyl/N-ethyl adjacent to an activating group) is 1. The molecular formula is C12H21N5O3. The van der Waals surface area contributed by atoms with Gasteiger partial charge in [-0.3, -0.25) is 4.90 Å². The zero-order valence-corrected chi connectivity index (χ0v) is 12.1. The molecule has 112 valence electrons. The highest BCUT2D eigenvalue weighted by atomic mass is 16.6. The Kier molecular flexibility index (Phi) is 4.36. The van der Waals surface area contributed by atoms with Crippen LogP contribution in [-0.4, -0.2) is 68.8 Å². The van der Waals surface area contributed by atoms with Crippen molar-refractivity contribution < 1.29 is 10.0 Å². The predicted molar refractivity (Wildman–Crippen MR) is 73.4 cm³/mol. The van der Waals surface area contributed by atoms with Crippen molar-refractivity contribution in [2.75, 3.05) is 33.2 Å². The van der Waals surface area contributed by atoms with Crippen LogP contribution in [0.5, 0.6) is 0 Å². The van der Waals surface area contributed by atoms with Crippen LogP contribution < -0.4 is 0 Å². The van der Waals surface area contributed by atoms with Crippen LogP contribution in [0.25, 0.3) is 0 Å². The Balaban J connectivity index is 2.11. The first-order valence-corrected chi connectivity index (χ1v) is 6.69. The summed E-state index contributed by atoms with van der Waals surface area (Å²) in [6, 6.07) is 0. The third-order valence-electron chi connectivity index (χ3n) is 3.78. The second-order valence-electron chi connectivity index (χ2n) is 5.26. The van der Waals surface area contributed by atoms with Gasteiger partial charge in [0.2, 0.25) is 0 Å². The topological polar surface area (TPSA) is 87.7 Å². The van der Waals surface area contributed by atoms with Crippen molar-refractivity contribution in [2.45, 2.75) is 26.6 Å². The summed E-state index contributed by atoms with van der Waals surface area (Å²) in [6.07, 6.45) is -0.727. The molecule has 2 rings (SSSR count). The van der Waals surface area contributed by atoms with Crippen molar-refractivity contribution in [3.63, 3.8) is 0 Å². The Morgan fingerprint density at radius 2 is 1.95 bits per heavy atom.